The number of nitrogens with zero attached hydrogens (tertiary/aromatic N) is 6. The zero-order valence-corrected chi connectivity index (χ0v) is 19.2. The van der Waals surface area contributed by atoms with E-state index in [-0.39, 0.29) is 6.04 Å². The number of aromatic nitrogens is 4. The molecule has 9 heteroatoms. The molecule has 5 rings (SSSR count). The van der Waals surface area contributed by atoms with Gasteiger partial charge in [-0.1, -0.05) is 12.1 Å². The van der Waals surface area contributed by atoms with Crippen molar-refractivity contribution in [2.24, 2.45) is 0 Å². The van der Waals surface area contributed by atoms with Crippen LogP contribution < -0.4 is 20.3 Å². The maximum atomic E-state index is 9.66. The minimum absolute atomic E-state index is 0.0138. The van der Waals surface area contributed by atoms with Crippen molar-refractivity contribution in [2.45, 2.75) is 13.0 Å². The van der Waals surface area contributed by atoms with Crippen LogP contribution >= 0.6 is 0 Å². The van der Waals surface area contributed by atoms with E-state index in [2.05, 4.69) is 67.7 Å². The van der Waals surface area contributed by atoms with Crippen LogP contribution in [0.3, 0.4) is 0 Å². The predicted molar refractivity (Wildman–Crippen MR) is 131 cm³/mol. The van der Waals surface area contributed by atoms with Crippen molar-refractivity contribution in [2.75, 3.05) is 43.5 Å². The number of benzene rings is 1. The summed E-state index contributed by atoms with van der Waals surface area (Å²) in [7, 11) is 1.61. The van der Waals surface area contributed by atoms with Gasteiger partial charge in [-0.05, 0) is 36.8 Å². The Hall–Kier alpha value is -4.16. The molecule has 1 aliphatic heterocycles. The predicted octanol–water partition coefficient (Wildman–Crippen LogP) is 3.25. The number of anilines is 2. The summed E-state index contributed by atoms with van der Waals surface area (Å²) in [6.45, 7) is 6.13. The smallest absolute Gasteiger partial charge is 0.223 e. The van der Waals surface area contributed by atoms with E-state index in [4.69, 9.17) is 4.74 Å². The van der Waals surface area contributed by atoms with Gasteiger partial charge in [0.1, 0.15) is 11.8 Å². The summed E-state index contributed by atoms with van der Waals surface area (Å²) < 4.78 is 7.27. The second kappa shape index (κ2) is 9.37. The number of piperazine rings is 1. The lowest BCUT2D eigenvalue weighted by Gasteiger charge is -2.29. The summed E-state index contributed by atoms with van der Waals surface area (Å²) in [5, 5.41) is 16.4. The highest BCUT2D eigenvalue weighted by Crippen LogP contribution is 2.28. The lowest BCUT2D eigenvalue weighted by molar-refractivity contribution is 0.417. The molecule has 0 amide bonds. The van der Waals surface area contributed by atoms with E-state index in [1.165, 1.54) is 5.69 Å². The molecule has 3 aromatic heterocycles. The first kappa shape index (κ1) is 21.7. The molecule has 9 nitrogen and oxygen atoms in total. The largest absolute Gasteiger partial charge is 0.493 e. The SMILES string of the molecule is COc1cccn2c(-c3nc(N[C@@H](C)c4ccc(N5CCNCC5)cc4)ncc3C#N)cnc12. The molecule has 172 valence electrons. The van der Waals surface area contributed by atoms with E-state index in [0.29, 0.717) is 34.3 Å². The van der Waals surface area contributed by atoms with E-state index in [1.54, 1.807) is 19.5 Å². The van der Waals surface area contributed by atoms with Crippen LogP contribution in [-0.4, -0.2) is 52.6 Å². The number of methoxy groups -OCH3 is 1. The van der Waals surface area contributed by atoms with Gasteiger partial charge >= 0.3 is 0 Å². The molecule has 34 heavy (non-hydrogen) atoms. The molecule has 1 aliphatic rings. The zero-order valence-electron chi connectivity index (χ0n) is 19.2. The molecule has 1 atom stereocenters. The van der Waals surface area contributed by atoms with Gasteiger partial charge < -0.3 is 20.3 Å². The second-order valence-corrected chi connectivity index (χ2v) is 8.18. The second-order valence-electron chi connectivity index (χ2n) is 8.18. The zero-order chi connectivity index (χ0) is 23.5. The lowest BCUT2D eigenvalue weighted by atomic mass is 10.1. The van der Waals surface area contributed by atoms with Crippen LogP contribution in [0.1, 0.15) is 24.1 Å². The van der Waals surface area contributed by atoms with Crippen LogP contribution in [0.15, 0.2) is 55.0 Å². The molecular weight excluding hydrogens is 428 g/mol. The number of ether oxygens (including phenoxy) is 1. The molecule has 4 heterocycles. The molecule has 0 unspecified atom stereocenters. The quantitative estimate of drug-likeness (QED) is 0.458. The van der Waals surface area contributed by atoms with Crippen molar-refractivity contribution in [3.8, 4) is 23.2 Å². The molecule has 2 N–H and O–H groups in total. The summed E-state index contributed by atoms with van der Waals surface area (Å²) in [6.07, 6.45) is 5.12. The molecule has 1 saturated heterocycles. The molecule has 1 aromatic carbocycles. The van der Waals surface area contributed by atoms with Gasteiger partial charge in [-0.3, -0.25) is 4.40 Å². The third-order valence-corrected chi connectivity index (χ3v) is 6.09. The Balaban J connectivity index is 1.40. The van der Waals surface area contributed by atoms with Crippen molar-refractivity contribution >= 4 is 17.3 Å². The lowest BCUT2D eigenvalue weighted by Crippen LogP contribution is -2.43. The Morgan fingerprint density at radius 1 is 1.12 bits per heavy atom. The van der Waals surface area contributed by atoms with E-state index in [9.17, 15) is 5.26 Å². The van der Waals surface area contributed by atoms with E-state index in [1.807, 2.05) is 22.7 Å². The fraction of sp³-hybridized carbons (Fsp3) is 0.280. The number of imidazole rings is 1. The van der Waals surface area contributed by atoms with Crippen molar-refractivity contribution in [3.63, 3.8) is 0 Å². The number of nitriles is 1. The highest BCUT2D eigenvalue weighted by atomic mass is 16.5. The minimum atomic E-state index is -0.0138. The molecule has 0 bridgehead atoms. The number of nitrogens with one attached hydrogen (secondary N) is 2. The standard InChI is InChI=1S/C25H26N8O/c1-17(18-5-7-20(8-6-18)32-12-9-27-10-13-32)30-25-29-15-19(14-26)23(31-25)21-16-28-24-22(34-2)4-3-11-33(21)24/h3-8,11,15-17,27H,9-10,12-13H2,1-2H3,(H,29,30,31)/t17-/m0/s1. The third-order valence-electron chi connectivity index (χ3n) is 6.09. The monoisotopic (exact) mass is 454 g/mol. The topological polar surface area (TPSA) is 103 Å². The van der Waals surface area contributed by atoms with Gasteiger partial charge in [-0.15, -0.1) is 0 Å². The van der Waals surface area contributed by atoms with Crippen molar-refractivity contribution in [1.29, 1.82) is 5.26 Å². The fourth-order valence-corrected chi connectivity index (χ4v) is 4.22. The summed E-state index contributed by atoms with van der Waals surface area (Å²) in [4.78, 5) is 15.9. The van der Waals surface area contributed by atoms with Crippen molar-refractivity contribution in [1.82, 2.24) is 24.7 Å². The molecule has 0 radical (unpaired) electrons. The normalized spacial score (nSPS) is 14.6. The number of fused-ring (bicyclic) bond motifs is 1. The summed E-state index contributed by atoms with van der Waals surface area (Å²) in [6, 6.07) is 14.5. The molecule has 0 spiro atoms. The van der Waals surface area contributed by atoms with Gasteiger partial charge in [0, 0.05) is 38.1 Å². The van der Waals surface area contributed by atoms with Crippen molar-refractivity contribution < 1.29 is 4.74 Å². The van der Waals surface area contributed by atoms with Crippen LogP contribution in [0.25, 0.3) is 17.0 Å². The number of hydrogen-bond acceptors (Lipinski definition) is 8. The van der Waals surface area contributed by atoms with Crippen LogP contribution in [0.5, 0.6) is 5.75 Å². The Morgan fingerprint density at radius 2 is 1.91 bits per heavy atom. The van der Waals surface area contributed by atoms with Gasteiger partial charge in [-0.2, -0.15) is 5.26 Å². The summed E-state index contributed by atoms with van der Waals surface area (Å²) >= 11 is 0. The van der Waals surface area contributed by atoms with Gasteiger partial charge in [0.05, 0.1) is 36.8 Å². The summed E-state index contributed by atoms with van der Waals surface area (Å²) in [5.74, 6) is 1.10. The summed E-state index contributed by atoms with van der Waals surface area (Å²) in [5.41, 5.74) is 4.62. The van der Waals surface area contributed by atoms with Gasteiger partial charge in [0.2, 0.25) is 5.95 Å². The first-order chi connectivity index (χ1) is 16.7. The maximum Gasteiger partial charge on any atom is 0.223 e. The Labute approximate surface area is 198 Å². The highest BCUT2D eigenvalue weighted by Gasteiger charge is 2.17. The van der Waals surface area contributed by atoms with Gasteiger partial charge in [-0.25, -0.2) is 15.0 Å². The highest BCUT2D eigenvalue weighted by molar-refractivity contribution is 5.69. The minimum Gasteiger partial charge on any atom is -0.493 e. The van der Waals surface area contributed by atoms with Crippen LogP contribution in [0, 0.1) is 11.3 Å². The van der Waals surface area contributed by atoms with Crippen molar-refractivity contribution in [3.05, 3.63) is 66.1 Å². The van der Waals surface area contributed by atoms with Crippen LogP contribution in [-0.2, 0) is 0 Å². The van der Waals surface area contributed by atoms with Gasteiger partial charge in [0.15, 0.2) is 11.4 Å². The molecule has 1 fully saturated rings. The van der Waals surface area contributed by atoms with Gasteiger partial charge in [0.25, 0.3) is 0 Å². The molecule has 4 aromatic rings. The number of pyridine rings is 1. The first-order valence-electron chi connectivity index (χ1n) is 11.3. The average Bonchev–Trinajstić information content (AvgIpc) is 3.33. The Morgan fingerprint density at radius 3 is 2.65 bits per heavy atom. The molecule has 0 saturated carbocycles. The number of rotatable bonds is 6. The maximum absolute atomic E-state index is 9.66. The Kier molecular flexibility index (Phi) is 5.97. The first-order valence-corrected chi connectivity index (χ1v) is 11.3. The van der Waals surface area contributed by atoms with Crippen LogP contribution in [0.2, 0.25) is 0 Å². The Bertz CT molecular complexity index is 1340. The molecular formula is C25H26N8O. The van der Waals surface area contributed by atoms with E-state index < -0.39 is 0 Å². The van der Waals surface area contributed by atoms with E-state index in [0.717, 1.165) is 31.7 Å². The third kappa shape index (κ3) is 4.11. The average molecular weight is 455 g/mol. The van der Waals surface area contributed by atoms with E-state index >= 15 is 0 Å². The number of hydrogen-bond donors (Lipinski definition) is 2. The van der Waals surface area contributed by atoms with Crippen LogP contribution in [0.4, 0.5) is 11.6 Å². The molecule has 0 aliphatic carbocycles. The fourth-order valence-electron chi connectivity index (χ4n) is 4.22.